The summed E-state index contributed by atoms with van der Waals surface area (Å²) in [4.78, 5) is 59.4. The second-order valence-corrected chi connectivity index (χ2v) is 12.8. The molecular formula is C28H40N2O12S2. The van der Waals surface area contributed by atoms with Crippen LogP contribution in [0.25, 0.3) is 0 Å². The third-order valence-corrected chi connectivity index (χ3v) is 8.32. The van der Waals surface area contributed by atoms with Gasteiger partial charge in [0.1, 0.15) is 12.7 Å². The summed E-state index contributed by atoms with van der Waals surface area (Å²) in [5.74, 6) is -1.56. The Labute approximate surface area is 261 Å². The van der Waals surface area contributed by atoms with Crippen molar-refractivity contribution in [3.8, 4) is 0 Å². The normalized spacial score (nSPS) is 21.5. The fraction of sp³-hybridized carbons (Fsp3) is 0.607. The number of benzene rings is 1. The SMILES string of the molecule is CC(=O)OC[C@H]1O[C@@H](CCCSCCC(=O)NCCc2ccc(S(N)(=O)=O)cc2)[C@@H](OC(C)=O)[C@@H](OC(C)=O)[C@@H]1OC(C)=O. The molecule has 1 aromatic rings. The zero-order valence-corrected chi connectivity index (χ0v) is 26.8. The minimum absolute atomic E-state index is 0.0245. The van der Waals surface area contributed by atoms with E-state index in [0.717, 1.165) is 12.5 Å². The van der Waals surface area contributed by atoms with Crippen LogP contribution in [0.1, 0.15) is 52.5 Å². The van der Waals surface area contributed by atoms with Crippen molar-refractivity contribution in [1.29, 1.82) is 0 Å². The van der Waals surface area contributed by atoms with Crippen LogP contribution < -0.4 is 10.5 Å². The summed E-state index contributed by atoms with van der Waals surface area (Å²) in [5, 5.41) is 7.92. The van der Waals surface area contributed by atoms with Gasteiger partial charge in [-0.1, -0.05) is 12.1 Å². The molecule has 1 aliphatic heterocycles. The van der Waals surface area contributed by atoms with Gasteiger partial charge in [-0.3, -0.25) is 24.0 Å². The number of rotatable bonds is 16. The van der Waals surface area contributed by atoms with Crippen molar-refractivity contribution in [2.75, 3.05) is 24.7 Å². The fourth-order valence-corrected chi connectivity index (χ4v) is 5.90. The molecule has 0 spiro atoms. The van der Waals surface area contributed by atoms with Gasteiger partial charge in [0.15, 0.2) is 18.3 Å². The van der Waals surface area contributed by atoms with Gasteiger partial charge in [-0.15, -0.1) is 0 Å². The number of sulfonamides is 1. The van der Waals surface area contributed by atoms with Crippen LogP contribution in [0.4, 0.5) is 0 Å². The predicted molar refractivity (Wildman–Crippen MR) is 158 cm³/mol. The summed E-state index contributed by atoms with van der Waals surface area (Å²) in [6.07, 6.45) is -3.45. The lowest BCUT2D eigenvalue weighted by molar-refractivity contribution is -0.253. The number of esters is 4. The van der Waals surface area contributed by atoms with E-state index in [0.29, 0.717) is 37.3 Å². The highest BCUT2D eigenvalue weighted by Gasteiger charge is 2.51. The Morgan fingerprint density at radius 1 is 0.841 bits per heavy atom. The summed E-state index contributed by atoms with van der Waals surface area (Å²) in [7, 11) is -3.76. The molecule has 1 aromatic carbocycles. The lowest BCUT2D eigenvalue weighted by atomic mass is 9.92. The summed E-state index contributed by atoms with van der Waals surface area (Å²) in [6, 6.07) is 6.14. The molecule has 0 bridgehead atoms. The van der Waals surface area contributed by atoms with Crippen molar-refractivity contribution in [3.63, 3.8) is 0 Å². The second-order valence-electron chi connectivity index (χ2n) is 10.0. The van der Waals surface area contributed by atoms with Crippen LogP contribution in [0.5, 0.6) is 0 Å². The molecule has 1 amide bonds. The van der Waals surface area contributed by atoms with Gasteiger partial charge in [-0.2, -0.15) is 11.8 Å². The second kappa shape index (κ2) is 17.9. The van der Waals surface area contributed by atoms with E-state index >= 15 is 0 Å². The number of amides is 1. The molecular weight excluding hydrogens is 620 g/mol. The van der Waals surface area contributed by atoms with Gasteiger partial charge < -0.3 is 29.0 Å². The monoisotopic (exact) mass is 660 g/mol. The molecule has 44 heavy (non-hydrogen) atoms. The Morgan fingerprint density at radius 3 is 1.95 bits per heavy atom. The Hall–Kier alpha value is -3.21. The first-order valence-corrected chi connectivity index (χ1v) is 16.6. The summed E-state index contributed by atoms with van der Waals surface area (Å²) >= 11 is 1.54. The summed E-state index contributed by atoms with van der Waals surface area (Å²) < 4.78 is 50.2. The Morgan fingerprint density at radius 2 is 1.41 bits per heavy atom. The summed E-state index contributed by atoms with van der Waals surface area (Å²) in [6.45, 7) is 4.84. The maximum Gasteiger partial charge on any atom is 0.303 e. The van der Waals surface area contributed by atoms with E-state index in [9.17, 15) is 32.4 Å². The molecule has 1 fully saturated rings. The molecule has 246 valence electrons. The van der Waals surface area contributed by atoms with E-state index in [4.69, 9.17) is 28.8 Å². The minimum atomic E-state index is -3.76. The van der Waals surface area contributed by atoms with E-state index in [2.05, 4.69) is 5.32 Å². The molecule has 3 N–H and O–H groups in total. The number of hydrogen-bond acceptors (Lipinski definition) is 13. The highest BCUT2D eigenvalue weighted by Crippen LogP contribution is 2.31. The highest BCUT2D eigenvalue weighted by molar-refractivity contribution is 7.99. The summed E-state index contributed by atoms with van der Waals surface area (Å²) in [5.41, 5.74) is 0.856. The third-order valence-electron chi connectivity index (χ3n) is 6.33. The van der Waals surface area contributed by atoms with E-state index in [1.54, 1.807) is 12.1 Å². The van der Waals surface area contributed by atoms with Gasteiger partial charge >= 0.3 is 23.9 Å². The molecule has 0 radical (unpaired) electrons. The third kappa shape index (κ3) is 13.2. The zero-order valence-electron chi connectivity index (χ0n) is 25.1. The highest BCUT2D eigenvalue weighted by atomic mass is 32.2. The van der Waals surface area contributed by atoms with Crippen LogP contribution in [0.15, 0.2) is 29.2 Å². The lowest BCUT2D eigenvalue weighted by Gasteiger charge is -2.44. The number of primary sulfonamides is 1. The van der Waals surface area contributed by atoms with Gasteiger partial charge in [-0.25, -0.2) is 13.6 Å². The Bertz CT molecular complexity index is 1260. The zero-order chi connectivity index (χ0) is 32.9. The smallest absolute Gasteiger partial charge is 0.303 e. The Balaban J connectivity index is 1.88. The predicted octanol–water partition coefficient (Wildman–Crippen LogP) is 1.02. The number of ether oxygens (including phenoxy) is 5. The Kier molecular flexibility index (Phi) is 15.1. The number of nitrogens with one attached hydrogen (secondary N) is 1. The van der Waals surface area contributed by atoms with Gasteiger partial charge in [0.2, 0.25) is 15.9 Å². The first-order valence-electron chi connectivity index (χ1n) is 13.9. The first kappa shape index (κ1) is 37.0. The van der Waals surface area contributed by atoms with Crippen LogP contribution in [0.2, 0.25) is 0 Å². The van der Waals surface area contributed by atoms with Gasteiger partial charge in [0, 0.05) is 46.4 Å². The van der Waals surface area contributed by atoms with E-state index in [-0.39, 0.29) is 23.8 Å². The molecule has 1 aliphatic rings. The first-order chi connectivity index (χ1) is 20.7. The minimum Gasteiger partial charge on any atom is -0.463 e. The van der Waals surface area contributed by atoms with E-state index < -0.39 is 64.4 Å². The maximum atomic E-state index is 12.2. The lowest BCUT2D eigenvalue weighted by Crippen LogP contribution is -2.62. The van der Waals surface area contributed by atoms with Crippen LogP contribution in [-0.2, 0) is 64.1 Å². The van der Waals surface area contributed by atoms with Crippen LogP contribution in [-0.4, -0.2) is 93.4 Å². The van der Waals surface area contributed by atoms with Crippen molar-refractivity contribution in [2.45, 2.75) is 88.8 Å². The molecule has 0 aromatic heterocycles. The van der Waals surface area contributed by atoms with Crippen molar-refractivity contribution >= 4 is 51.6 Å². The van der Waals surface area contributed by atoms with Crippen molar-refractivity contribution in [1.82, 2.24) is 5.32 Å². The number of carbonyl (C=O) groups excluding carboxylic acids is 5. The average molecular weight is 661 g/mol. The van der Waals surface area contributed by atoms with Crippen LogP contribution in [0.3, 0.4) is 0 Å². The quantitative estimate of drug-likeness (QED) is 0.145. The van der Waals surface area contributed by atoms with Crippen LogP contribution in [0, 0.1) is 0 Å². The fourth-order valence-electron chi connectivity index (χ4n) is 4.48. The van der Waals surface area contributed by atoms with Gasteiger partial charge in [0.05, 0.1) is 11.0 Å². The molecule has 5 atom stereocenters. The topological polar surface area (TPSA) is 204 Å². The molecule has 0 unspecified atom stereocenters. The number of hydrogen-bond donors (Lipinski definition) is 2. The molecule has 1 saturated heterocycles. The molecule has 0 saturated carbocycles. The van der Waals surface area contributed by atoms with Crippen molar-refractivity contribution in [2.24, 2.45) is 5.14 Å². The van der Waals surface area contributed by atoms with Crippen LogP contribution >= 0.6 is 11.8 Å². The van der Waals surface area contributed by atoms with Crippen molar-refractivity contribution in [3.05, 3.63) is 29.8 Å². The van der Waals surface area contributed by atoms with E-state index in [1.807, 2.05) is 0 Å². The van der Waals surface area contributed by atoms with E-state index in [1.165, 1.54) is 44.7 Å². The van der Waals surface area contributed by atoms with Gasteiger partial charge in [-0.05, 0) is 42.7 Å². The van der Waals surface area contributed by atoms with Crippen molar-refractivity contribution < 1.29 is 56.1 Å². The number of carbonyl (C=O) groups is 5. The molecule has 1 heterocycles. The number of thioether (sulfide) groups is 1. The maximum absolute atomic E-state index is 12.2. The number of nitrogens with two attached hydrogens (primary N) is 1. The molecule has 0 aliphatic carbocycles. The molecule has 14 nitrogen and oxygen atoms in total. The standard InChI is InChI=1S/C28H40N2O12S2/c1-17(31)38-16-24-27(40-19(3)33)28(41-20(4)34)26(39-18(2)32)23(42-24)6-5-14-43-15-12-25(35)30-13-11-21-7-9-22(10-8-21)44(29,36)37/h7-10,23-24,26-28H,5-6,11-16H2,1-4H3,(H,30,35)(H2,29,36,37)/t23-,24+,26+,27+,28+/m0/s1. The molecule has 2 rings (SSSR count). The largest absolute Gasteiger partial charge is 0.463 e. The van der Waals surface area contributed by atoms with Gasteiger partial charge in [0.25, 0.3) is 0 Å². The molecule has 16 heteroatoms. The average Bonchev–Trinajstić information content (AvgIpc) is 2.91.